The summed E-state index contributed by atoms with van der Waals surface area (Å²) in [7, 11) is 0. The molecule has 0 unspecified atom stereocenters. The van der Waals surface area contributed by atoms with Crippen LogP contribution in [0.3, 0.4) is 0 Å². The molecule has 0 fully saturated rings. The van der Waals surface area contributed by atoms with Gasteiger partial charge in [-0.1, -0.05) is 62.4 Å². The number of aliphatic hydroxyl groups is 2. The summed E-state index contributed by atoms with van der Waals surface area (Å²) in [4.78, 5) is 0. The fourth-order valence-corrected chi connectivity index (χ4v) is 2.60. The van der Waals surface area contributed by atoms with E-state index in [0.717, 1.165) is 11.1 Å². The second-order valence-electron chi connectivity index (χ2n) is 5.97. The predicted octanol–water partition coefficient (Wildman–Crippen LogP) is 3.08. The number of hydrogen-bond donors (Lipinski definition) is 2. The van der Waals surface area contributed by atoms with Gasteiger partial charge in [0.15, 0.2) is 0 Å². The van der Waals surface area contributed by atoms with Gasteiger partial charge in [0.05, 0.1) is 0 Å². The van der Waals surface area contributed by atoms with Crippen LogP contribution in [0.25, 0.3) is 0 Å². The molecule has 0 atom stereocenters. The molecule has 2 rings (SSSR count). The second kappa shape index (κ2) is 6.88. The highest BCUT2D eigenvalue weighted by atomic mass is 16.3. The fraction of sp³-hybridized carbons (Fsp3) is 0.368. The maximum atomic E-state index is 8.98. The zero-order valence-electron chi connectivity index (χ0n) is 12.8. The predicted molar refractivity (Wildman–Crippen MR) is 86.6 cm³/mol. The topological polar surface area (TPSA) is 40.5 Å². The summed E-state index contributed by atoms with van der Waals surface area (Å²) in [6, 6.07) is 16.9. The van der Waals surface area contributed by atoms with Crippen LogP contribution in [0, 0.1) is 0 Å². The number of aliphatic hydroxyl groups excluding tert-OH is 2. The minimum absolute atomic E-state index is 0.0600. The van der Waals surface area contributed by atoms with Crippen molar-refractivity contribution in [1.82, 2.24) is 0 Å². The van der Waals surface area contributed by atoms with Gasteiger partial charge in [-0.25, -0.2) is 0 Å². The van der Waals surface area contributed by atoms with Crippen molar-refractivity contribution in [2.45, 2.75) is 32.1 Å². The first kappa shape index (κ1) is 15.7. The molecule has 0 aromatic heterocycles. The minimum Gasteiger partial charge on any atom is -0.396 e. The van der Waals surface area contributed by atoms with Gasteiger partial charge in [-0.15, -0.1) is 0 Å². The van der Waals surface area contributed by atoms with Crippen LogP contribution in [0.1, 0.15) is 36.1 Å². The van der Waals surface area contributed by atoms with Crippen LogP contribution in [0.15, 0.2) is 48.5 Å². The summed E-state index contributed by atoms with van der Waals surface area (Å²) >= 11 is 0. The Morgan fingerprint density at radius 2 is 1.00 bits per heavy atom. The quantitative estimate of drug-likeness (QED) is 0.856. The molecule has 2 nitrogen and oxygen atoms in total. The Morgan fingerprint density at radius 3 is 1.29 bits per heavy atom. The SMILES string of the molecule is CC(C)(c1ccc(CCO)cc1)c1ccc(CCO)cc1. The lowest BCUT2D eigenvalue weighted by Gasteiger charge is -2.26. The average Bonchev–Trinajstić information content (AvgIpc) is 2.49. The number of hydrogen-bond acceptors (Lipinski definition) is 2. The van der Waals surface area contributed by atoms with E-state index >= 15 is 0 Å². The molecular formula is C19H24O2. The van der Waals surface area contributed by atoms with Crippen molar-refractivity contribution in [3.63, 3.8) is 0 Å². The van der Waals surface area contributed by atoms with Crippen LogP contribution < -0.4 is 0 Å². The van der Waals surface area contributed by atoms with E-state index in [1.807, 2.05) is 0 Å². The Bertz CT molecular complexity index is 502. The first-order valence-corrected chi connectivity index (χ1v) is 7.48. The molecule has 0 amide bonds. The molecular weight excluding hydrogens is 260 g/mol. The Balaban J connectivity index is 2.23. The van der Waals surface area contributed by atoms with E-state index in [4.69, 9.17) is 10.2 Å². The van der Waals surface area contributed by atoms with E-state index in [0.29, 0.717) is 12.8 Å². The Morgan fingerprint density at radius 1 is 0.667 bits per heavy atom. The van der Waals surface area contributed by atoms with Gasteiger partial charge < -0.3 is 10.2 Å². The third kappa shape index (κ3) is 3.72. The average molecular weight is 284 g/mol. The van der Waals surface area contributed by atoms with Crippen LogP contribution in [0.2, 0.25) is 0 Å². The highest BCUT2D eigenvalue weighted by Gasteiger charge is 2.22. The Kier molecular flexibility index (Phi) is 5.16. The van der Waals surface area contributed by atoms with Crippen molar-refractivity contribution < 1.29 is 10.2 Å². The zero-order valence-corrected chi connectivity index (χ0v) is 12.8. The highest BCUT2D eigenvalue weighted by Crippen LogP contribution is 2.31. The summed E-state index contributed by atoms with van der Waals surface area (Å²) < 4.78 is 0. The molecule has 0 saturated heterocycles. The van der Waals surface area contributed by atoms with Crippen LogP contribution in [0.4, 0.5) is 0 Å². The number of rotatable bonds is 6. The van der Waals surface area contributed by atoms with Crippen molar-refractivity contribution >= 4 is 0 Å². The van der Waals surface area contributed by atoms with Gasteiger partial charge in [0.2, 0.25) is 0 Å². The third-order valence-corrected chi connectivity index (χ3v) is 4.15. The molecule has 0 aliphatic carbocycles. The first-order valence-electron chi connectivity index (χ1n) is 7.48. The van der Waals surface area contributed by atoms with Gasteiger partial charge in [-0.2, -0.15) is 0 Å². The Labute approximate surface area is 127 Å². The van der Waals surface area contributed by atoms with Gasteiger partial charge in [-0.3, -0.25) is 0 Å². The van der Waals surface area contributed by atoms with E-state index in [2.05, 4.69) is 62.4 Å². The molecule has 2 aromatic rings. The molecule has 2 N–H and O–H groups in total. The molecule has 0 heterocycles. The maximum Gasteiger partial charge on any atom is 0.0471 e. The van der Waals surface area contributed by atoms with Crippen molar-refractivity contribution in [3.8, 4) is 0 Å². The van der Waals surface area contributed by atoms with Gasteiger partial charge in [0.25, 0.3) is 0 Å². The minimum atomic E-state index is -0.0600. The van der Waals surface area contributed by atoms with E-state index in [1.165, 1.54) is 11.1 Å². The van der Waals surface area contributed by atoms with Gasteiger partial charge >= 0.3 is 0 Å². The second-order valence-corrected chi connectivity index (χ2v) is 5.97. The smallest absolute Gasteiger partial charge is 0.0471 e. The molecule has 0 aliphatic heterocycles. The molecule has 0 aliphatic rings. The normalized spacial score (nSPS) is 11.6. The number of benzene rings is 2. The zero-order chi connectivity index (χ0) is 15.3. The molecule has 2 aromatic carbocycles. The summed E-state index contributed by atoms with van der Waals surface area (Å²) in [5, 5.41) is 18.0. The largest absolute Gasteiger partial charge is 0.396 e. The van der Waals surface area contributed by atoms with Crippen LogP contribution in [-0.4, -0.2) is 23.4 Å². The molecule has 21 heavy (non-hydrogen) atoms. The summed E-state index contributed by atoms with van der Waals surface area (Å²) in [5.74, 6) is 0. The Hall–Kier alpha value is -1.64. The molecule has 0 radical (unpaired) electrons. The van der Waals surface area contributed by atoms with Crippen LogP contribution in [-0.2, 0) is 18.3 Å². The third-order valence-electron chi connectivity index (χ3n) is 4.15. The molecule has 0 spiro atoms. The lowest BCUT2D eigenvalue weighted by Crippen LogP contribution is -2.19. The summed E-state index contributed by atoms with van der Waals surface area (Å²) in [6.45, 7) is 4.81. The fourth-order valence-electron chi connectivity index (χ4n) is 2.60. The lowest BCUT2D eigenvalue weighted by atomic mass is 9.77. The van der Waals surface area contributed by atoms with Crippen molar-refractivity contribution in [2.75, 3.05) is 13.2 Å². The van der Waals surface area contributed by atoms with E-state index in [-0.39, 0.29) is 18.6 Å². The lowest BCUT2D eigenvalue weighted by molar-refractivity contribution is 0.299. The monoisotopic (exact) mass is 284 g/mol. The summed E-state index contributed by atoms with van der Waals surface area (Å²) in [5.41, 5.74) is 4.79. The molecule has 2 heteroatoms. The van der Waals surface area contributed by atoms with Crippen molar-refractivity contribution in [1.29, 1.82) is 0 Å². The van der Waals surface area contributed by atoms with E-state index in [9.17, 15) is 0 Å². The van der Waals surface area contributed by atoms with Gasteiger partial charge in [0, 0.05) is 18.6 Å². The molecule has 0 bridgehead atoms. The van der Waals surface area contributed by atoms with Crippen LogP contribution in [0.5, 0.6) is 0 Å². The van der Waals surface area contributed by atoms with Gasteiger partial charge in [0.1, 0.15) is 0 Å². The molecule has 0 saturated carbocycles. The highest BCUT2D eigenvalue weighted by molar-refractivity contribution is 5.39. The van der Waals surface area contributed by atoms with Crippen molar-refractivity contribution in [2.24, 2.45) is 0 Å². The van der Waals surface area contributed by atoms with Crippen molar-refractivity contribution in [3.05, 3.63) is 70.8 Å². The van der Waals surface area contributed by atoms with E-state index < -0.39 is 0 Å². The molecule has 112 valence electrons. The van der Waals surface area contributed by atoms with Gasteiger partial charge in [-0.05, 0) is 35.1 Å². The summed E-state index contributed by atoms with van der Waals surface area (Å²) in [6.07, 6.45) is 1.41. The van der Waals surface area contributed by atoms with Crippen LogP contribution >= 0.6 is 0 Å². The van der Waals surface area contributed by atoms with E-state index in [1.54, 1.807) is 0 Å². The first-order chi connectivity index (χ1) is 10.1. The maximum absolute atomic E-state index is 8.98. The standard InChI is InChI=1S/C19H24O2/c1-19(2,17-7-3-15(4-8-17)11-13-20)18-9-5-16(6-10-18)12-14-21/h3-10,20-21H,11-14H2,1-2H3.